The monoisotopic (exact) mass is 429 g/mol. The summed E-state index contributed by atoms with van der Waals surface area (Å²) >= 11 is 1.12. The Morgan fingerprint density at radius 1 is 1.23 bits per heavy atom. The normalized spacial score (nSPS) is 18.1. The molecule has 2 aliphatic rings. The summed E-state index contributed by atoms with van der Waals surface area (Å²) in [5.41, 5.74) is 1.59. The summed E-state index contributed by atoms with van der Waals surface area (Å²) in [6.07, 6.45) is 1.30. The minimum Gasteiger partial charge on any atom is -0.465 e. The Labute approximate surface area is 178 Å². The molecule has 0 unspecified atom stereocenters. The van der Waals surface area contributed by atoms with Crippen molar-refractivity contribution in [3.63, 3.8) is 0 Å². The van der Waals surface area contributed by atoms with E-state index in [0.29, 0.717) is 48.6 Å². The van der Waals surface area contributed by atoms with E-state index in [-0.39, 0.29) is 24.3 Å². The van der Waals surface area contributed by atoms with Gasteiger partial charge in [0.2, 0.25) is 5.91 Å². The first-order chi connectivity index (χ1) is 14.4. The first-order valence-corrected chi connectivity index (χ1v) is 10.5. The van der Waals surface area contributed by atoms with Crippen molar-refractivity contribution in [2.75, 3.05) is 26.7 Å². The molecule has 2 amide bonds. The standard InChI is InChI=1S/C20H23N5O4S/c1-13-17(30-23-22-13)18(27)24-9-7-20(8-10-24)21-11-16(26)25(20)12-14-3-5-15(6-4-14)19(28)29-2/h3-6,21H,7-12H2,1-2H3. The number of piperidine rings is 1. The third-order valence-electron chi connectivity index (χ3n) is 5.83. The number of likely N-dealkylation sites (tertiary alicyclic amines) is 1. The van der Waals surface area contributed by atoms with Gasteiger partial charge in [-0.3, -0.25) is 14.9 Å². The van der Waals surface area contributed by atoms with Crippen molar-refractivity contribution in [1.82, 2.24) is 24.7 Å². The number of esters is 1. The topological polar surface area (TPSA) is 105 Å². The zero-order valence-electron chi connectivity index (χ0n) is 16.9. The largest absolute Gasteiger partial charge is 0.465 e. The summed E-state index contributed by atoms with van der Waals surface area (Å²) in [4.78, 5) is 41.2. The molecule has 2 fully saturated rings. The van der Waals surface area contributed by atoms with Crippen molar-refractivity contribution in [1.29, 1.82) is 0 Å². The lowest BCUT2D eigenvalue weighted by molar-refractivity contribution is -0.132. The highest BCUT2D eigenvalue weighted by Gasteiger charge is 2.47. The van der Waals surface area contributed by atoms with Gasteiger partial charge in [-0.15, -0.1) is 5.10 Å². The number of nitrogens with one attached hydrogen (secondary N) is 1. The maximum absolute atomic E-state index is 12.8. The molecule has 0 bridgehead atoms. The van der Waals surface area contributed by atoms with Crippen LogP contribution in [0, 0.1) is 6.92 Å². The highest BCUT2D eigenvalue weighted by molar-refractivity contribution is 7.07. The minimum atomic E-state index is -0.462. The molecule has 1 N–H and O–H groups in total. The van der Waals surface area contributed by atoms with Gasteiger partial charge in [0.05, 0.1) is 30.6 Å². The van der Waals surface area contributed by atoms with Crippen LogP contribution in [-0.2, 0) is 16.1 Å². The van der Waals surface area contributed by atoms with Crippen molar-refractivity contribution in [3.8, 4) is 0 Å². The molecule has 0 saturated carbocycles. The zero-order chi connectivity index (χ0) is 21.3. The van der Waals surface area contributed by atoms with Crippen LogP contribution in [0.15, 0.2) is 24.3 Å². The fourth-order valence-electron chi connectivity index (χ4n) is 4.05. The quantitative estimate of drug-likeness (QED) is 0.728. The molecule has 158 valence electrons. The van der Waals surface area contributed by atoms with Crippen molar-refractivity contribution in [3.05, 3.63) is 46.0 Å². The molecule has 0 aliphatic carbocycles. The fraction of sp³-hybridized carbons (Fsp3) is 0.450. The van der Waals surface area contributed by atoms with E-state index in [1.165, 1.54) is 7.11 Å². The van der Waals surface area contributed by atoms with Gasteiger partial charge >= 0.3 is 5.97 Å². The minimum absolute atomic E-state index is 0.0364. The molecule has 2 aromatic rings. The molecule has 1 aromatic heterocycles. The van der Waals surface area contributed by atoms with Gasteiger partial charge in [0.15, 0.2) is 0 Å². The lowest BCUT2D eigenvalue weighted by Gasteiger charge is -2.44. The average molecular weight is 430 g/mol. The van der Waals surface area contributed by atoms with Gasteiger partial charge in [0, 0.05) is 32.5 Å². The van der Waals surface area contributed by atoms with Gasteiger partial charge in [-0.05, 0) is 36.2 Å². The molecule has 0 radical (unpaired) electrons. The lowest BCUT2D eigenvalue weighted by atomic mass is 9.95. The smallest absolute Gasteiger partial charge is 0.337 e. The van der Waals surface area contributed by atoms with Gasteiger partial charge in [-0.2, -0.15) is 0 Å². The number of amides is 2. The van der Waals surface area contributed by atoms with Gasteiger partial charge in [-0.25, -0.2) is 4.79 Å². The maximum Gasteiger partial charge on any atom is 0.337 e. The van der Waals surface area contributed by atoms with Gasteiger partial charge in [-0.1, -0.05) is 16.6 Å². The number of ether oxygens (including phenoxy) is 1. The molecule has 2 aliphatic heterocycles. The van der Waals surface area contributed by atoms with Crippen LogP contribution in [0.3, 0.4) is 0 Å². The summed E-state index contributed by atoms with van der Waals surface area (Å²) in [6.45, 7) is 3.61. The number of aromatic nitrogens is 2. The third-order valence-corrected chi connectivity index (χ3v) is 6.64. The summed E-state index contributed by atoms with van der Waals surface area (Å²) in [5, 5.41) is 7.30. The summed E-state index contributed by atoms with van der Waals surface area (Å²) in [7, 11) is 1.35. The Morgan fingerprint density at radius 2 is 1.93 bits per heavy atom. The van der Waals surface area contributed by atoms with E-state index in [2.05, 4.69) is 14.9 Å². The van der Waals surface area contributed by atoms with Crippen molar-refractivity contribution < 1.29 is 19.1 Å². The van der Waals surface area contributed by atoms with E-state index in [4.69, 9.17) is 4.74 Å². The van der Waals surface area contributed by atoms with Crippen LogP contribution in [0.2, 0.25) is 0 Å². The molecule has 10 heteroatoms. The molecule has 9 nitrogen and oxygen atoms in total. The van der Waals surface area contributed by atoms with E-state index in [1.807, 2.05) is 17.0 Å². The van der Waals surface area contributed by atoms with Crippen molar-refractivity contribution >= 4 is 29.3 Å². The van der Waals surface area contributed by atoms with E-state index in [1.54, 1.807) is 24.0 Å². The number of carbonyl (C=O) groups is 3. The number of hydrogen-bond acceptors (Lipinski definition) is 8. The number of rotatable bonds is 4. The molecular formula is C20H23N5O4S. The molecular weight excluding hydrogens is 406 g/mol. The van der Waals surface area contributed by atoms with E-state index in [0.717, 1.165) is 17.1 Å². The van der Waals surface area contributed by atoms with Crippen LogP contribution in [0.1, 0.15) is 44.1 Å². The van der Waals surface area contributed by atoms with Gasteiger partial charge < -0.3 is 14.5 Å². The molecule has 3 heterocycles. The van der Waals surface area contributed by atoms with Crippen LogP contribution in [-0.4, -0.2) is 69.6 Å². The van der Waals surface area contributed by atoms with Crippen molar-refractivity contribution in [2.24, 2.45) is 0 Å². The zero-order valence-corrected chi connectivity index (χ0v) is 17.7. The molecule has 2 saturated heterocycles. The number of aryl methyl sites for hydroxylation is 1. The average Bonchev–Trinajstić information content (AvgIpc) is 3.32. The van der Waals surface area contributed by atoms with E-state index < -0.39 is 5.66 Å². The van der Waals surface area contributed by atoms with Crippen LogP contribution < -0.4 is 5.32 Å². The molecule has 4 rings (SSSR count). The lowest BCUT2D eigenvalue weighted by Crippen LogP contribution is -2.58. The number of hydrogen-bond donors (Lipinski definition) is 1. The first kappa shape index (κ1) is 20.4. The van der Waals surface area contributed by atoms with Gasteiger partial charge in [0.25, 0.3) is 5.91 Å². The van der Waals surface area contributed by atoms with E-state index in [9.17, 15) is 14.4 Å². The van der Waals surface area contributed by atoms with E-state index >= 15 is 0 Å². The Balaban J connectivity index is 1.45. The third kappa shape index (κ3) is 3.68. The fourth-order valence-corrected chi connectivity index (χ4v) is 4.68. The molecule has 30 heavy (non-hydrogen) atoms. The number of nitrogens with zero attached hydrogens (tertiary/aromatic N) is 4. The predicted octanol–water partition coefficient (Wildman–Crippen LogP) is 1.20. The molecule has 1 aromatic carbocycles. The Kier molecular flexibility index (Phi) is 5.52. The van der Waals surface area contributed by atoms with Crippen molar-refractivity contribution in [2.45, 2.75) is 32.0 Å². The second-order valence-corrected chi connectivity index (χ2v) is 8.29. The second kappa shape index (κ2) is 8.11. The molecule has 1 spiro atoms. The van der Waals surface area contributed by atoms with Crippen LogP contribution in [0.5, 0.6) is 0 Å². The SMILES string of the molecule is COC(=O)c1ccc(CN2C(=O)CNC23CCN(C(=O)c2snnc2C)CC3)cc1. The van der Waals surface area contributed by atoms with Crippen LogP contribution in [0.25, 0.3) is 0 Å². The predicted molar refractivity (Wildman–Crippen MR) is 109 cm³/mol. The summed E-state index contributed by atoms with van der Waals surface area (Å²) in [5.74, 6) is -0.402. The Bertz CT molecular complexity index is 966. The van der Waals surface area contributed by atoms with Crippen LogP contribution in [0.4, 0.5) is 0 Å². The highest BCUT2D eigenvalue weighted by atomic mass is 32.1. The first-order valence-electron chi connectivity index (χ1n) is 9.74. The Morgan fingerprint density at radius 3 is 2.53 bits per heavy atom. The van der Waals surface area contributed by atoms with Crippen LogP contribution >= 0.6 is 11.5 Å². The van der Waals surface area contributed by atoms with Gasteiger partial charge in [0.1, 0.15) is 4.88 Å². The second-order valence-electron chi connectivity index (χ2n) is 7.53. The Hall–Kier alpha value is -2.85. The number of methoxy groups -OCH3 is 1. The number of benzene rings is 1. The number of carbonyl (C=O) groups excluding carboxylic acids is 3. The highest BCUT2D eigenvalue weighted by Crippen LogP contribution is 2.32. The summed E-state index contributed by atoms with van der Waals surface area (Å²) in [6, 6.07) is 7.08. The molecule has 0 atom stereocenters. The maximum atomic E-state index is 12.8. The summed E-state index contributed by atoms with van der Waals surface area (Å²) < 4.78 is 8.58.